The van der Waals surface area contributed by atoms with E-state index in [1.807, 2.05) is 6.92 Å². The van der Waals surface area contributed by atoms with Crippen LogP contribution in [0.15, 0.2) is 0 Å². The van der Waals surface area contributed by atoms with Gasteiger partial charge in [-0.3, -0.25) is 9.59 Å². The van der Waals surface area contributed by atoms with E-state index >= 15 is 0 Å². The number of esters is 1. The molecule has 4 rings (SSSR count). The maximum Gasteiger partial charge on any atom is 0.303 e. The number of Topliss-reactive ketones (excluding diaryl/α,β-unsaturated/α-hetero) is 1. The molecule has 0 aromatic rings. The summed E-state index contributed by atoms with van der Waals surface area (Å²) in [6, 6.07) is 0. The molecule has 4 fully saturated rings. The lowest BCUT2D eigenvalue weighted by atomic mass is 9.89. The fourth-order valence-electron chi connectivity index (χ4n) is 3.35. The second kappa shape index (κ2) is 4.03. The highest BCUT2D eigenvalue weighted by atomic mass is 16.6. The van der Waals surface area contributed by atoms with Crippen molar-refractivity contribution in [1.29, 1.82) is 0 Å². The largest absolute Gasteiger partial charge is 0.459 e. The van der Waals surface area contributed by atoms with E-state index in [9.17, 15) is 9.59 Å². The summed E-state index contributed by atoms with van der Waals surface area (Å²) in [6.07, 6.45) is 1.52. The van der Waals surface area contributed by atoms with Gasteiger partial charge >= 0.3 is 5.97 Å². The molecule has 4 bridgehead atoms. The van der Waals surface area contributed by atoms with Gasteiger partial charge in [-0.05, 0) is 13.3 Å². The normalized spacial score (nSPS) is 46.7. The zero-order valence-corrected chi connectivity index (χ0v) is 10.7. The number of hydrogen-bond acceptors (Lipinski definition) is 5. The summed E-state index contributed by atoms with van der Waals surface area (Å²) in [5, 5.41) is 0. The summed E-state index contributed by atoms with van der Waals surface area (Å²) in [5.74, 6) is -0.220. The van der Waals surface area contributed by atoms with Crippen LogP contribution in [0.25, 0.3) is 0 Å². The highest BCUT2D eigenvalue weighted by Gasteiger charge is 2.56. The minimum Gasteiger partial charge on any atom is -0.459 e. The molecule has 0 saturated carbocycles. The Kier molecular flexibility index (Phi) is 2.71. The highest BCUT2D eigenvalue weighted by molar-refractivity contribution is 5.83. The number of ether oxygens (including phenoxy) is 3. The van der Waals surface area contributed by atoms with Crippen molar-refractivity contribution in [3.05, 3.63) is 0 Å². The molecule has 4 aliphatic heterocycles. The Balaban J connectivity index is 1.88. The van der Waals surface area contributed by atoms with Gasteiger partial charge in [-0.15, -0.1) is 0 Å². The molecule has 18 heavy (non-hydrogen) atoms. The van der Waals surface area contributed by atoms with Gasteiger partial charge in [0.1, 0.15) is 17.8 Å². The van der Waals surface area contributed by atoms with Gasteiger partial charge < -0.3 is 14.2 Å². The van der Waals surface area contributed by atoms with Crippen molar-refractivity contribution in [2.24, 2.45) is 0 Å². The minimum absolute atomic E-state index is 0.0277. The summed E-state index contributed by atoms with van der Waals surface area (Å²) in [5.41, 5.74) is -0.517. The molecule has 5 atom stereocenters. The smallest absolute Gasteiger partial charge is 0.303 e. The predicted molar refractivity (Wildman–Crippen MR) is 61.0 cm³/mol. The topological polar surface area (TPSA) is 61.8 Å². The summed E-state index contributed by atoms with van der Waals surface area (Å²) >= 11 is 0. The number of carbonyl (C=O) groups excluding carboxylic acids is 2. The van der Waals surface area contributed by atoms with Crippen molar-refractivity contribution in [2.75, 3.05) is 0 Å². The molecule has 0 aliphatic carbocycles. The van der Waals surface area contributed by atoms with Crippen LogP contribution in [0.2, 0.25) is 0 Å². The molecule has 0 aromatic carbocycles. The Bertz CT molecular complexity index is 377. The lowest BCUT2D eigenvalue weighted by Crippen LogP contribution is -2.42. The van der Waals surface area contributed by atoms with Crippen LogP contribution >= 0.6 is 0 Å². The molecule has 0 spiro atoms. The SMILES string of the molecule is CC(=O)O[C@H]1CCC(=O)[C@H]2C[C@H]3O[C@]1(C)C[C@H]3O2. The minimum atomic E-state index is -0.517. The first kappa shape index (κ1) is 12.1. The number of fused-ring (bicyclic) bond motifs is 3. The maximum atomic E-state index is 12.0. The number of ketones is 1. The number of carbonyl (C=O) groups is 2. The van der Waals surface area contributed by atoms with Gasteiger partial charge in [0.15, 0.2) is 5.78 Å². The van der Waals surface area contributed by atoms with Crippen LogP contribution in [0, 0.1) is 0 Å². The summed E-state index contributed by atoms with van der Waals surface area (Å²) in [6.45, 7) is 3.34. The van der Waals surface area contributed by atoms with Crippen molar-refractivity contribution in [3.8, 4) is 0 Å². The molecule has 4 aliphatic rings. The fraction of sp³-hybridized carbons (Fsp3) is 0.846. The van der Waals surface area contributed by atoms with Crippen LogP contribution < -0.4 is 0 Å². The molecule has 100 valence electrons. The molecule has 4 heterocycles. The van der Waals surface area contributed by atoms with Crippen LogP contribution in [-0.4, -0.2) is 41.8 Å². The molecule has 0 N–H and O–H groups in total. The summed E-state index contributed by atoms with van der Waals surface area (Å²) in [4.78, 5) is 23.1. The third kappa shape index (κ3) is 1.86. The van der Waals surface area contributed by atoms with E-state index in [1.54, 1.807) is 0 Å². The number of hydrogen-bond donors (Lipinski definition) is 0. The van der Waals surface area contributed by atoms with E-state index < -0.39 is 5.60 Å². The van der Waals surface area contributed by atoms with Crippen molar-refractivity contribution >= 4 is 11.8 Å². The monoisotopic (exact) mass is 254 g/mol. The third-order valence-corrected chi connectivity index (χ3v) is 4.23. The third-order valence-electron chi connectivity index (χ3n) is 4.23. The van der Waals surface area contributed by atoms with Crippen molar-refractivity contribution in [1.82, 2.24) is 0 Å². The van der Waals surface area contributed by atoms with E-state index in [0.29, 0.717) is 25.7 Å². The van der Waals surface area contributed by atoms with Crippen LogP contribution in [-0.2, 0) is 23.8 Å². The van der Waals surface area contributed by atoms with Crippen LogP contribution in [0.3, 0.4) is 0 Å². The quantitative estimate of drug-likeness (QED) is 0.653. The van der Waals surface area contributed by atoms with Crippen molar-refractivity contribution < 1.29 is 23.8 Å². The van der Waals surface area contributed by atoms with Crippen LogP contribution in [0.1, 0.15) is 39.5 Å². The first-order chi connectivity index (χ1) is 8.48. The van der Waals surface area contributed by atoms with Gasteiger partial charge in [0.2, 0.25) is 0 Å². The van der Waals surface area contributed by atoms with Gasteiger partial charge in [0.05, 0.1) is 12.2 Å². The molecule has 0 aromatic heterocycles. The second-order valence-corrected chi connectivity index (χ2v) is 5.68. The van der Waals surface area contributed by atoms with Gasteiger partial charge in [-0.2, -0.15) is 0 Å². The first-order valence-corrected chi connectivity index (χ1v) is 6.51. The van der Waals surface area contributed by atoms with Gasteiger partial charge in [-0.25, -0.2) is 0 Å². The molecule has 0 radical (unpaired) electrons. The van der Waals surface area contributed by atoms with E-state index in [-0.39, 0.29) is 36.2 Å². The van der Waals surface area contributed by atoms with Gasteiger partial charge in [-0.1, -0.05) is 0 Å². The van der Waals surface area contributed by atoms with Crippen molar-refractivity contribution in [3.63, 3.8) is 0 Å². The first-order valence-electron chi connectivity index (χ1n) is 6.51. The highest BCUT2D eigenvalue weighted by Crippen LogP contribution is 2.45. The molecule has 5 nitrogen and oxygen atoms in total. The maximum absolute atomic E-state index is 12.0. The lowest BCUT2D eigenvalue weighted by molar-refractivity contribution is -0.167. The Hall–Kier alpha value is -0.940. The zero-order valence-electron chi connectivity index (χ0n) is 10.7. The molecule has 0 unspecified atom stereocenters. The van der Waals surface area contributed by atoms with E-state index in [4.69, 9.17) is 14.2 Å². The standard InChI is InChI=1S/C13H18O5/c1-7(14)16-12-4-3-8(15)9-5-10-11(17-9)6-13(12,2)18-10/h9-12H,3-6H2,1-2H3/t9-,10-,11-,12+,13-/m1/s1. The molecular weight excluding hydrogens is 236 g/mol. The van der Waals surface area contributed by atoms with E-state index in [2.05, 4.69) is 0 Å². The molecule has 4 saturated heterocycles. The molecule has 0 amide bonds. The zero-order chi connectivity index (χ0) is 12.9. The van der Waals surface area contributed by atoms with Crippen LogP contribution in [0.4, 0.5) is 0 Å². The Morgan fingerprint density at radius 1 is 1.44 bits per heavy atom. The fourth-order valence-corrected chi connectivity index (χ4v) is 3.35. The number of rotatable bonds is 1. The van der Waals surface area contributed by atoms with E-state index in [1.165, 1.54) is 6.92 Å². The Morgan fingerprint density at radius 3 is 2.89 bits per heavy atom. The van der Waals surface area contributed by atoms with Crippen LogP contribution in [0.5, 0.6) is 0 Å². The Morgan fingerprint density at radius 2 is 2.22 bits per heavy atom. The summed E-state index contributed by atoms with van der Waals surface area (Å²) < 4.78 is 17.1. The van der Waals surface area contributed by atoms with Gasteiger partial charge in [0.25, 0.3) is 0 Å². The predicted octanol–water partition coefficient (Wildman–Crippen LogP) is 0.986. The average Bonchev–Trinajstić information content (AvgIpc) is 2.78. The van der Waals surface area contributed by atoms with E-state index in [0.717, 1.165) is 0 Å². The molecular formula is C13H18O5. The second-order valence-electron chi connectivity index (χ2n) is 5.68. The molecule has 5 heteroatoms. The lowest BCUT2D eigenvalue weighted by Gasteiger charge is -2.32. The van der Waals surface area contributed by atoms with Gasteiger partial charge in [0, 0.05) is 26.2 Å². The van der Waals surface area contributed by atoms with Crippen molar-refractivity contribution in [2.45, 2.75) is 69.5 Å². The average molecular weight is 254 g/mol. The Labute approximate surface area is 106 Å². The summed E-state index contributed by atoms with van der Waals surface area (Å²) in [7, 11) is 0.